The van der Waals surface area contributed by atoms with Crippen molar-refractivity contribution < 1.29 is 43.8 Å². The van der Waals surface area contributed by atoms with Crippen molar-refractivity contribution in [2.75, 3.05) is 6.54 Å². The highest BCUT2D eigenvalue weighted by Crippen LogP contribution is 2.42. The van der Waals surface area contributed by atoms with Crippen LogP contribution < -0.4 is 22.1 Å². The van der Waals surface area contributed by atoms with Crippen LogP contribution >= 0.6 is 68.0 Å². The van der Waals surface area contributed by atoms with E-state index in [1.165, 1.54) is 67.2 Å². The number of Topliss-reactive ketones (excluding diaryl/α,β-unsaturated/α-hetero) is 2. The van der Waals surface area contributed by atoms with Gasteiger partial charge in [0.05, 0.1) is 36.7 Å². The van der Waals surface area contributed by atoms with E-state index in [2.05, 4.69) is 30.6 Å². The lowest BCUT2D eigenvalue weighted by atomic mass is 10.0. The second kappa shape index (κ2) is 20.5. The molecule has 5 atom stereocenters. The zero-order valence-corrected chi connectivity index (χ0v) is 43.4. The Hall–Kier alpha value is -7.40. The zero-order chi connectivity index (χ0) is 52.1. The molecule has 8 aromatic rings. The Morgan fingerprint density at radius 1 is 0.676 bits per heavy atom. The number of hydrogen-bond donors (Lipinski definition) is 6. The van der Waals surface area contributed by atoms with Crippen LogP contribution in [0.25, 0.3) is 43.4 Å². The molecule has 7 aromatic heterocycles. The van der Waals surface area contributed by atoms with E-state index in [0.717, 1.165) is 34.0 Å². The number of pyridine rings is 1. The first-order valence-corrected chi connectivity index (χ1v) is 27.5. The van der Waals surface area contributed by atoms with Gasteiger partial charge in [-0.3, -0.25) is 33.6 Å². The number of phenols is 1. The van der Waals surface area contributed by atoms with Crippen LogP contribution in [0.2, 0.25) is 0 Å². The van der Waals surface area contributed by atoms with Gasteiger partial charge in [-0.2, -0.15) is 0 Å². The number of primary amides is 2. The van der Waals surface area contributed by atoms with E-state index in [1.807, 2.05) is 0 Å². The molecule has 10 bridgehead atoms. The van der Waals surface area contributed by atoms with Crippen molar-refractivity contribution in [2.24, 2.45) is 17.4 Å². The number of thiazole rings is 6. The molecule has 0 unspecified atom stereocenters. The molecule has 8 N–H and O–H groups in total. The molecule has 0 saturated carbocycles. The Bertz CT molecular complexity index is 3560. The number of aryl methyl sites for hydroxylation is 1. The maximum atomic E-state index is 14.8. The summed E-state index contributed by atoms with van der Waals surface area (Å²) in [5.74, 6) is -5.35. The summed E-state index contributed by atoms with van der Waals surface area (Å²) in [6, 6.07) is 6.52. The van der Waals surface area contributed by atoms with Crippen LogP contribution in [0.15, 0.2) is 63.3 Å². The molecule has 21 nitrogen and oxygen atoms in total. The van der Waals surface area contributed by atoms with Crippen LogP contribution in [-0.2, 0) is 16.0 Å². The van der Waals surface area contributed by atoms with Crippen molar-refractivity contribution in [1.29, 1.82) is 0 Å². The number of nitrogens with one attached hydrogen (secondary N) is 2. The largest absolute Gasteiger partial charge is 0.508 e. The molecule has 0 aliphatic carbocycles. The van der Waals surface area contributed by atoms with Crippen LogP contribution in [0.4, 0.5) is 0 Å². The third-order valence-corrected chi connectivity index (χ3v) is 17.5. The first-order chi connectivity index (χ1) is 35.5. The number of hydrogen-bond acceptors (Lipinski definition) is 22. The van der Waals surface area contributed by atoms with E-state index >= 15 is 0 Å². The van der Waals surface area contributed by atoms with Gasteiger partial charge in [-0.25, -0.2) is 34.9 Å². The smallest absolute Gasteiger partial charge is 0.271 e. The molecule has 1 saturated heterocycles. The van der Waals surface area contributed by atoms with E-state index in [1.54, 1.807) is 48.9 Å². The molecular weight excluding hydrogens is 1070 g/mol. The Labute approximate surface area is 442 Å². The van der Waals surface area contributed by atoms with E-state index < -0.39 is 77.7 Å². The summed E-state index contributed by atoms with van der Waals surface area (Å²) < 4.78 is 0. The summed E-state index contributed by atoms with van der Waals surface area (Å²) in [6.07, 6.45) is -2.05. The number of aromatic hydroxyl groups is 1. The molecule has 27 heteroatoms. The predicted octanol–water partition coefficient (Wildman–Crippen LogP) is 5.64. The molecule has 5 amide bonds. The van der Waals surface area contributed by atoms with Crippen LogP contribution in [-0.4, -0.2) is 110 Å². The first-order valence-electron chi connectivity index (χ1n) is 22.3. The van der Waals surface area contributed by atoms with Crippen LogP contribution in [0, 0.1) is 12.8 Å². The van der Waals surface area contributed by atoms with Crippen LogP contribution in [0.1, 0.15) is 104 Å². The number of amides is 5. The van der Waals surface area contributed by atoms with Crippen molar-refractivity contribution in [1.82, 2.24) is 50.4 Å². The van der Waals surface area contributed by atoms with Crippen molar-refractivity contribution in [3.63, 3.8) is 0 Å². The average Bonchev–Trinajstić information content (AvgIpc) is 4.24. The van der Waals surface area contributed by atoms with Gasteiger partial charge in [0.1, 0.15) is 76.7 Å². The minimum Gasteiger partial charge on any atom is -0.508 e. The van der Waals surface area contributed by atoms with E-state index in [9.17, 15) is 43.8 Å². The summed E-state index contributed by atoms with van der Waals surface area (Å²) in [4.78, 5) is 129. The molecule has 0 radical (unpaired) electrons. The number of phenolic OH excluding ortho intramolecular Hbond substituents is 1. The number of carbonyl (C=O) groups is 7. The van der Waals surface area contributed by atoms with Gasteiger partial charge in [-0.05, 0) is 36.8 Å². The number of ketones is 2. The van der Waals surface area contributed by atoms with Crippen molar-refractivity contribution >= 4 is 109 Å². The van der Waals surface area contributed by atoms with E-state index in [4.69, 9.17) is 26.4 Å². The molecule has 9 heterocycles. The second-order valence-corrected chi connectivity index (χ2v) is 22.7. The Kier molecular flexibility index (Phi) is 13.9. The molecule has 74 heavy (non-hydrogen) atoms. The fourth-order valence-corrected chi connectivity index (χ4v) is 13.5. The lowest BCUT2D eigenvalue weighted by molar-refractivity contribution is -0.134. The maximum absolute atomic E-state index is 14.8. The predicted molar refractivity (Wildman–Crippen MR) is 276 cm³/mol. The number of aromatic nitrogens is 7. The van der Waals surface area contributed by atoms with Gasteiger partial charge >= 0.3 is 0 Å². The number of aliphatic hydroxyl groups is 1. The molecular formula is C47H38N12O9S6. The topological polar surface area (TPSA) is 330 Å². The Morgan fingerprint density at radius 3 is 2.03 bits per heavy atom. The summed E-state index contributed by atoms with van der Waals surface area (Å²) in [5.41, 5.74) is 13.6. The third-order valence-electron chi connectivity index (χ3n) is 12.0. The summed E-state index contributed by atoms with van der Waals surface area (Å²) in [7, 11) is 0. The summed E-state index contributed by atoms with van der Waals surface area (Å²) in [6.45, 7) is 3.33. The van der Waals surface area contributed by atoms with Gasteiger partial charge in [0.25, 0.3) is 17.7 Å². The number of carbonyl (C=O) groups excluding carboxylic acids is 7. The standard InChI is InChI=1S/C47H38N12O9S6/c1-18-33(63)12-59-37(18)46-57-30(17-73-46)43-53-26(13-70-43)36-22(7-8-23(50-36)42-54-27(14-71-42)38(49)65)41-55-28(15-69-41)39(66)51-24(10-34(48)64)44-58-35(19(2)74-44)31(61)11-32(62)45-56-29(16-72-45)40(67)52-25(47(59)68)9-20-3-5-21(60)6-4-20/h3-8,13-18,24-25,33,37,60,63H,9-12H2,1-2H3,(H2,48,64)(H2,49,65)(H,51,66)(H,52,67)/t18-,24-,25-,33-,37-/m0/s1. The van der Waals surface area contributed by atoms with Crippen LogP contribution in [0.3, 0.4) is 0 Å². The lowest BCUT2D eigenvalue weighted by Gasteiger charge is -2.29. The summed E-state index contributed by atoms with van der Waals surface area (Å²) in [5, 5.41) is 36.6. The Morgan fingerprint density at radius 2 is 1.31 bits per heavy atom. The SMILES string of the molecule is Cc1sc2nc1C(=O)CC(=O)c1nc(cs1)C(=O)N[C@@H](Cc1ccc(O)cc1)C(=O)N1C[C@H](O)[C@H](C)[C@H]1c1nc(cs1)-c1nc(cs1)-c1nc(-c3nc(C(N)=O)cs3)ccc1-c1nc(cs1)C(=O)N[C@H]2CC(N)=O. The quantitative estimate of drug-likeness (QED) is 0.110. The van der Waals surface area contributed by atoms with Gasteiger partial charge in [0, 0.05) is 56.2 Å². The fraction of sp³-hybridized carbons (Fsp3) is 0.234. The minimum atomic E-state index is -1.23. The van der Waals surface area contributed by atoms with Crippen molar-refractivity contribution in [3.8, 4) is 49.1 Å². The highest BCUT2D eigenvalue weighted by molar-refractivity contribution is 7.15. The molecule has 376 valence electrons. The van der Waals surface area contributed by atoms with Gasteiger partial charge in [-0.1, -0.05) is 19.1 Å². The zero-order valence-electron chi connectivity index (χ0n) is 38.5. The van der Waals surface area contributed by atoms with Crippen LogP contribution in [0.5, 0.6) is 5.75 Å². The molecule has 10 rings (SSSR count). The van der Waals surface area contributed by atoms with Crippen molar-refractivity contribution in [2.45, 2.75) is 57.3 Å². The lowest BCUT2D eigenvalue weighted by Crippen LogP contribution is -2.50. The van der Waals surface area contributed by atoms with Gasteiger partial charge in [-0.15, -0.1) is 68.0 Å². The fourth-order valence-electron chi connectivity index (χ4n) is 8.30. The number of fused-ring (bicyclic) bond motifs is 16. The normalized spacial score (nSPS) is 19.5. The molecule has 1 fully saturated rings. The first kappa shape index (κ1) is 50.1. The van der Waals surface area contributed by atoms with Gasteiger partial charge < -0.3 is 37.2 Å². The molecule has 1 aromatic carbocycles. The van der Waals surface area contributed by atoms with Gasteiger partial charge in [0.2, 0.25) is 11.8 Å². The molecule has 2 aliphatic rings. The number of aliphatic hydroxyl groups excluding tert-OH is 1. The third kappa shape index (κ3) is 10.1. The average molecular weight is 1110 g/mol. The summed E-state index contributed by atoms with van der Waals surface area (Å²) >= 11 is 6.71. The number of nitrogens with zero attached hydrogens (tertiary/aromatic N) is 8. The molecule has 2 aliphatic heterocycles. The second-order valence-electron chi connectivity index (χ2n) is 17.1. The van der Waals surface area contributed by atoms with Crippen molar-refractivity contribution in [3.05, 3.63) is 112 Å². The maximum Gasteiger partial charge on any atom is 0.271 e. The van der Waals surface area contributed by atoms with Gasteiger partial charge in [0.15, 0.2) is 16.6 Å². The highest BCUT2D eigenvalue weighted by atomic mass is 32.1. The van der Waals surface area contributed by atoms with E-state index in [-0.39, 0.29) is 57.9 Å². The van der Waals surface area contributed by atoms with E-state index in [0.29, 0.717) is 58.8 Å². The minimum absolute atomic E-state index is 0.00256. The molecule has 0 spiro atoms. The number of rotatable bonds is 6. The number of benzene rings is 1. The Balaban J connectivity index is 1.06. The number of nitrogens with two attached hydrogens (primary N) is 2. The highest BCUT2D eigenvalue weighted by Gasteiger charge is 2.45. The monoisotopic (exact) mass is 1110 g/mol.